The van der Waals surface area contributed by atoms with Gasteiger partial charge in [0.15, 0.2) is 0 Å². The van der Waals surface area contributed by atoms with Gasteiger partial charge in [0.2, 0.25) is 5.91 Å². The number of carbonyl (C=O) groups is 1. The van der Waals surface area contributed by atoms with E-state index in [1.807, 2.05) is 13.0 Å². The second-order valence-corrected chi connectivity index (χ2v) is 4.17. The molecule has 0 radical (unpaired) electrons. The van der Waals surface area contributed by atoms with Crippen molar-refractivity contribution in [1.29, 1.82) is 0 Å². The molecule has 15 heavy (non-hydrogen) atoms. The Morgan fingerprint density at radius 1 is 1.53 bits per heavy atom. The fraction of sp³-hybridized carbons (Fsp3) is 0.364. The van der Waals surface area contributed by atoms with Crippen LogP contribution in [0.1, 0.15) is 12.5 Å². The molecule has 1 rings (SSSR count). The fourth-order valence-corrected chi connectivity index (χ4v) is 1.38. The Morgan fingerprint density at radius 3 is 2.80 bits per heavy atom. The van der Waals surface area contributed by atoms with Gasteiger partial charge in [-0.3, -0.25) is 4.79 Å². The quantitative estimate of drug-likeness (QED) is 0.813. The van der Waals surface area contributed by atoms with Crippen molar-refractivity contribution in [3.05, 3.63) is 28.8 Å². The zero-order valence-electron chi connectivity index (χ0n) is 8.68. The molecule has 1 N–H and O–H groups in total. The largest absolute Gasteiger partial charge is 0.326 e. The van der Waals surface area contributed by atoms with Crippen molar-refractivity contribution >= 4 is 34.8 Å². The maximum atomic E-state index is 11.6. The molecule has 0 aromatic heterocycles. The van der Waals surface area contributed by atoms with Crippen molar-refractivity contribution in [3.63, 3.8) is 0 Å². The fourth-order valence-electron chi connectivity index (χ4n) is 1.07. The molecule has 0 fully saturated rings. The van der Waals surface area contributed by atoms with Crippen molar-refractivity contribution in [3.8, 4) is 0 Å². The van der Waals surface area contributed by atoms with Crippen molar-refractivity contribution in [1.82, 2.24) is 0 Å². The van der Waals surface area contributed by atoms with Crippen LogP contribution < -0.4 is 5.32 Å². The third kappa shape index (κ3) is 3.11. The van der Waals surface area contributed by atoms with Crippen molar-refractivity contribution in [2.45, 2.75) is 13.8 Å². The van der Waals surface area contributed by atoms with E-state index >= 15 is 0 Å². The number of rotatable bonds is 3. The lowest BCUT2D eigenvalue weighted by molar-refractivity contribution is -0.118. The Morgan fingerprint density at radius 2 is 2.20 bits per heavy atom. The van der Waals surface area contributed by atoms with E-state index in [1.165, 1.54) is 0 Å². The third-order valence-electron chi connectivity index (χ3n) is 2.20. The predicted octanol–water partition coefficient (Wildman–Crippen LogP) is 3.46. The van der Waals surface area contributed by atoms with Crippen LogP contribution in [0.4, 0.5) is 5.69 Å². The van der Waals surface area contributed by atoms with E-state index in [1.54, 1.807) is 19.1 Å². The van der Waals surface area contributed by atoms with Gasteiger partial charge in [-0.15, -0.1) is 11.6 Å². The van der Waals surface area contributed by atoms with Crippen molar-refractivity contribution in [2.24, 2.45) is 5.92 Å². The van der Waals surface area contributed by atoms with Gasteiger partial charge in [-0.25, -0.2) is 0 Å². The smallest absolute Gasteiger partial charge is 0.228 e. The first-order chi connectivity index (χ1) is 7.06. The lowest BCUT2D eigenvalue weighted by Gasteiger charge is -2.12. The zero-order chi connectivity index (χ0) is 11.4. The average Bonchev–Trinajstić information content (AvgIpc) is 2.23. The molecule has 0 spiro atoms. The Balaban J connectivity index is 2.81. The normalized spacial score (nSPS) is 12.3. The van der Waals surface area contributed by atoms with Gasteiger partial charge in [0, 0.05) is 22.5 Å². The SMILES string of the molecule is Cc1c(Cl)cccc1NC(=O)C(C)CCl. The molecule has 0 aliphatic rings. The van der Waals surface area contributed by atoms with Crippen LogP contribution in [0.15, 0.2) is 18.2 Å². The van der Waals surface area contributed by atoms with Crippen LogP contribution in [0.3, 0.4) is 0 Å². The Labute approximate surface area is 99.6 Å². The van der Waals surface area contributed by atoms with Gasteiger partial charge in [0.1, 0.15) is 0 Å². The predicted molar refractivity (Wildman–Crippen MR) is 64.7 cm³/mol. The van der Waals surface area contributed by atoms with Gasteiger partial charge >= 0.3 is 0 Å². The van der Waals surface area contributed by atoms with E-state index in [4.69, 9.17) is 23.2 Å². The van der Waals surface area contributed by atoms with Gasteiger partial charge in [-0.1, -0.05) is 24.6 Å². The summed E-state index contributed by atoms with van der Waals surface area (Å²) in [6, 6.07) is 5.41. The minimum absolute atomic E-state index is 0.0876. The van der Waals surface area contributed by atoms with E-state index in [2.05, 4.69) is 5.32 Å². The van der Waals surface area contributed by atoms with Crippen LogP contribution in [0.25, 0.3) is 0 Å². The number of hydrogen-bond acceptors (Lipinski definition) is 1. The number of carbonyl (C=O) groups excluding carboxylic acids is 1. The molecule has 1 unspecified atom stereocenters. The lowest BCUT2D eigenvalue weighted by atomic mass is 10.1. The van der Waals surface area contributed by atoms with Crippen molar-refractivity contribution < 1.29 is 4.79 Å². The molecule has 0 aliphatic heterocycles. The number of halogens is 2. The van der Waals surface area contributed by atoms with E-state index in [0.717, 1.165) is 11.3 Å². The highest BCUT2D eigenvalue weighted by Gasteiger charge is 2.12. The zero-order valence-corrected chi connectivity index (χ0v) is 10.2. The molecule has 0 saturated heterocycles. The molecule has 2 nitrogen and oxygen atoms in total. The first-order valence-electron chi connectivity index (χ1n) is 4.68. The van der Waals surface area contributed by atoms with Crippen LogP contribution >= 0.6 is 23.2 Å². The maximum absolute atomic E-state index is 11.6. The summed E-state index contributed by atoms with van der Waals surface area (Å²) in [6.45, 7) is 3.64. The highest BCUT2D eigenvalue weighted by atomic mass is 35.5. The van der Waals surface area contributed by atoms with Crippen LogP contribution in [-0.2, 0) is 4.79 Å². The molecule has 0 heterocycles. The van der Waals surface area contributed by atoms with Gasteiger partial charge in [0.05, 0.1) is 0 Å². The number of benzene rings is 1. The van der Waals surface area contributed by atoms with E-state index < -0.39 is 0 Å². The first-order valence-corrected chi connectivity index (χ1v) is 5.59. The van der Waals surface area contributed by atoms with Crippen LogP contribution in [0, 0.1) is 12.8 Å². The summed E-state index contributed by atoms with van der Waals surface area (Å²) in [5.41, 5.74) is 1.61. The Kier molecular flexibility index (Phi) is 4.43. The standard InChI is InChI=1S/C11H13Cl2NO/c1-7(6-12)11(15)14-10-5-3-4-9(13)8(10)2/h3-5,7H,6H2,1-2H3,(H,14,15). The topological polar surface area (TPSA) is 29.1 Å². The third-order valence-corrected chi connectivity index (χ3v) is 3.08. The second kappa shape index (κ2) is 5.38. The molecule has 1 aromatic rings. The van der Waals surface area contributed by atoms with E-state index in [0.29, 0.717) is 10.9 Å². The van der Waals surface area contributed by atoms with Crippen molar-refractivity contribution in [2.75, 3.05) is 11.2 Å². The lowest BCUT2D eigenvalue weighted by Crippen LogP contribution is -2.21. The molecule has 1 amide bonds. The molecular formula is C11H13Cl2NO. The first kappa shape index (κ1) is 12.3. The second-order valence-electron chi connectivity index (χ2n) is 3.46. The molecule has 1 atom stereocenters. The minimum atomic E-state index is -0.204. The van der Waals surface area contributed by atoms with Crippen LogP contribution in [0.2, 0.25) is 5.02 Å². The summed E-state index contributed by atoms with van der Waals surface area (Å²) < 4.78 is 0. The van der Waals surface area contributed by atoms with Gasteiger partial charge < -0.3 is 5.32 Å². The van der Waals surface area contributed by atoms with Gasteiger partial charge in [-0.2, -0.15) is 0 Å². The van der Waals surface area contributed by atoms with Gasteiger partial charge in [0.25, 0.3) is 0 Å². The summed E-state index contributed by atoms with van der Waals surface area (Å²) >= 11 is 11.5. The number of alkyl halides is 1. The number of nitrogens with one attached hydrogen (secondary N) is 1. The van der Waals surface area contributed by atoms with Crippen LogP contribution in [0.5, 0.6) is 0 Å². The minimum Gasteiger partial charge on any atom is -0.326 e. The number of anilines is 1. The molecule has 82 valence electrons. The monoisotopic (exact) mass is 245 g/mol. The van der Waals surface area contributed by atoms with Crippen LogP contribution in [-0.4, -0.2) is 11.8 Å². The summed E-state index contributed by atoms with van der Waals surface area (Å²) in [5.74, 6) is 0.0197. The molecule has 4 heteroatoms. The average molecular weight is 246 g/mol. The van der Waals surface area contributed by atoms with E-state index in [9.17, 15) is 4.79 Å². The summed E-state index contributed by atoms with van der Waals surface area (Å²) in [4.78, 5) is 11.6. The highest BCUT2D eigenvalue weighted by molar-refractivity contribution is 6.31. The highest BCUT2D eigenvalue weighted by Crippen LogP contribution is 2.23. The summed E-state index contributed by atoms with van der Waals surface area (Å²) in [7, 11) is 0. The summed E-state index contributed by atoms with van der Waals surface area (Å²) in [6.07, 6.45) is 0. The molecule has 1 aromatic carbocycles. The Hall–Kier alpha value is -0.730. The summed E-state index contributed by atoms with van der Waals surface area (Å²) in [5, 5.41) is 3.44. The molecule has 0 aliphatic carbocycles. The molecule has 0 bridgehead atoms. The molecular weight excluding hydrogens is 233 g/mol. The maximum Gasteiger partial charge on any atom is 0.228 e. The molecule has 0 saturated carbocycles. The Bertz CT molecular complexity index is 366. The number of hydrogen-bond donors (Lipinski definition) is 1. The van der Waals surface area contributed by atoms with Gasteiger partial charge in [-0.05, 0) is 24.6 Å². The van der Waals surface area contributed by atoms with E-state index in [-0.39, 0.29) is 11.8 Å². The number of amides is 1.